The molecule has 30 heavy (non-hydrogen) atoms. The lowest BCUT2D eigenvalue weighted by Crippen LogP contribution is -2.61. The number of alkyl halides is 6. The van der Waals surface area contributed by atoms with Crippen molar-refractivity contribution in [3.8, 4) is 0 Å². The first-order chi connectivity index (χ1) is 13.4. The van der Waals surface area contributed by atoms with Gasteiger partial charge in [-0.2, -0.15) is 26.3 Å². The molecule has 2 rings (SSSR count). The Kier molecular flexibility index (Phi) is 6.81. The average molecular weight is 457 g/mol. The first-order valence-electron chi connectivity index (χ1n) is 10.2. The topological polar surface area (TPSA) is 26.3 Å². The van der Waals surface area contributed by atoms with Crippen LogP contribution in [0.2, 0.25) is 19.6 Å². The standard InChI is InChI=1S/C21H30F6O2Si/c1-14(15-10-11-16-17(28)9-7-12-18(15,16)2)8-6-13-19(20(22,23)24,21(25,26)27)29-30(3,4)5/h6,10,13-14,16H,7-9,11-12H2,1-5H3/t14?,16?,18-/m1/s1. The van der Waals surface area contributed by atoms with Crippen LogP contribution in [0.15, 0.2) is 23.8 Å². The molecule has 2 nitrogen and oxygen atoms in total. The molecule has 0 aromatic heterocycles. The molecular weight excluding hydrogens is 426 g/mol. The zero-order valence-corrected chi connectivity index (χ0v) is 19.0. The van der Waals surface area contributed by atoms with Crippen LogP contribution in [0.4, 0.5) is 26.3 Å². The molecule has 9 heteroatoms. The maximum atomic E-state index is 13.6. The van der Waals surface area contributed by atoms with Gasteiger partial charge in [0.2, 0.25) is 0 Å². The van der Waals surface area contributed by atoms with Gasteiger partial charge >= 0.3 is 12.4 Å². The molecule has 0 heterocycles. The third kappa shape index (κ3) is 4.71. The van der Waals surface area contributed by atoms with Crippen molar-refractivity contribution in [3.63, 3.8) is 0 Å². The Morgan fingerprint density at radius 1 is 1.20 bits per heavy atom. The highest BCUT2D eigenvalue weighted by Crippen LogP contribution is 2.54. The number of ketones is 1. The van der Waals surface area contributed by atoms with Crippen molar-refractivity contribution in [1.82, 2.24) is 0 Å². The van der Waals surface area contributed by atoms with Gasteiger partial charge in [-0.1, -0.05) is 31.6 Å². The van der Waals surface area contributed by atoms with E-state index in [0.717, 1.165) is 24.5 Å². The van der Waals surface area contributed by atoms with E-state index >= 15 is 0 Å². The van der Waals surface area contributed by atoms with E-state index in [1.165, 1.54) is 19.6 Å². The van der Waals surface area contributed by atoms with Gasteiger partial charge in [0.05, 0.1) is 0 Å². The summed E-state index contributed by atoms with van der Waals surface area (Å²) in [6.07, 6.45) is -5.56. The number of hydrogen-bond donors (Lipinski definition) is 0. The molecule has 0 amide bonds. The molecule has 3 atom stereocenters. The highest BCUT2D eigenvalue weighted by atomic mass is 28.4. The Balaban J connectivity index is 2.28. The van der Waals surface area contributed by atoms with Gasteiger partial charge in [-0.15, -0.1) is 0 Å². The van der Waals surface area contributed by atoms with Crippen molar-refractivity contribution in [2.24, 2.45) is 17.3 Å². The van der Waals surface area contributed by atoms with Crippen LogP contribution in [0.25, 0.3) is 0 Å². The Labute approximate surface area is 174 Å². The molecular formula is C21H30F6O2Si. The number of fused-ring (bicyclic) bond motifs is 1. The molecule has 1 fully saturated rings. The van der Waals surface area contributed by atoms with Crippen LogP contribution in [0.5, 0.6) is 0 Å². The van der Waals surface area contributed by atoms with Crippen molar-refractivity contribution < 1.29 is 35.6 Å². The van der Waals surface area contributed by atoms with E-state index in [9.17, 15) is 31.1 Å². The number of carbonyl (C=O) groups excluding carboxylic acids is 1. The minimum absolute atomic E-state index is 0.00526. The summed E-state index contributed by atoms with van der Waals surface area (Å²) >= 11 is 0. The first-order valence-corrected chi connectivity index (χ1v) is 13.6. The van der Waals surface area contributed by atoms with Crippen molar-refractivity contribution >= 4 is 14.1 Å². The molecule has 2 aliphatic rings. The second-order valence-corrected chi connectivity index (χ2v) is 14.1. The third-order valence-electron chi connectivity index (χ3n) is 6.19. The Morgan fingerprint density at radius 3 is 2.27 bits per heavy atom. The Hall–Kier alpha value is -1.09. The molecule has 2 unspecified atom stereocenters. The van der Waals surface area contributed by atoms with Crippen LogP contribution >= 0.6 is 0 Å². The quantitative estimate of drug-likeness (QED) is 0.245. The number of Topliss-reactive ketones (excluding diaryl/α,β-unsaturated/α-hetero) is 1. The minimum Gasteiger partial charge on any atom is -0.394 e. The van der Waals surface area contributed by atoms with Gasteiger partial charge in [-0.3, -0.25) is 4.79 Å². The number of carbonyl (C=O) groups is 1. The van der Waals surface area contributed by atoms with Gasteiger partial charge in [0.25, 0.3) is 5.60 Å². The summed E-state index contributed by atoms with van der Waals surface area (Å²) < 4.78 is 86.5. The van der Waals surface area contributed by atoms with Gasteiger partial charge in [0.15, 0.2) is 8.32 Å². The number of rotatable bonds is 6. The molecule has 0 aromatic carbocycles. The smallest absolute Gasteiger partial charge is 0.394 e. The molecule has 0 aliphatic heterocycles. The predicted octanol–water partition coefficient (Wildman–Crippen LogP) is 6.99. The van der Waals surface area contributed by atoms with Crippen LogP contribution in [0, 0.1) is 17.3 Å². The predicted molar refractivity (Wildman–Crippen MR) is 105 cm³/mol. The van der Waals surface area contributed by atoms with E-state index in [-0.39, 0.29) is 35.5 Å². The fourth-order valence-corrected chi connectivity index (χ4v) is 6.13. The zero-order valence-electron chi connectivity index (χ0n) is 18.0. The molecule has 172 valence electrons. The highest BCUT2D eigenvalue weighted by molar-refractivity contribution is 6.69. The summed E-state index contributed by atoms with van der Waals surface area (Å²) in [7, 11) is -3.20. The second-order valence-electron chi connectivity index (χ2n) is 9.67. The monoisotopic (exact) mass is 456 g/mol. The summed E-state index contributed by atoms with van der Waals surface area (Å²) in [6.45, 7) is 7.64. The maximum Gasteiger partial charge on any atom is 0.429 e. The van der Waals surface area contributed by atoms with Crippen molar-refractivity contribution in [2.75, 3.05) is 0 Å². The van der Waals surface area contributed by atoms with Crippen LogP contribution in [0.3, 0.4) is 0 Å². The van der Waals surface area contributed by atoms with Crippen LogP contribution in [-0.4, -0.2) is 32.1 Å². The zero-order chi connectivity index (χ0) is 23.2. The molecule has 1 saturated carbocycles. The fourth-order valence-electron chi connectivity index (χ4n) is 4.86. The lowest BCUT2D eigenvalue weighted by molar-refractivity contribution is -0.340. The summed E-state index contributed by atoms with van der Waals surface area (Å²) in [6, 6.07) is 0. The molecule has 0 N–H and O–H groups in total. The summed E-state index contributed by atoms with van der Waals surface area (Å²) in [5, 5.41) is 0. The van der Waals surface area contributed by atoms with Crippen LogP contribution < -0.4 is 0 Å². The van der Waals surface area contributed by atoms with Gasteiger partial charge in [0, 0.05) is 12.3 Å². The molecule has 0 spiro atoms. The average Bonchev–Trinajstić information content (AvgIpc) is 2.89. The first kappa shape index (κ1) is 25.2. The maximum absolute atomic E-state index is 13.6. The summed E-state index contributed by atoms with van der Waals surface area (Å²) in [5.41, 5.74) is -3.72. The van der Waals surface area contributed by atoms with Gasteiger partial charge in [-0.25, -0.2) is 0 Å². The lowest BCUT2D eigenvalue weighted by atomic mass is 9.63. The molecule has 2 aliphatic carbocycles. The van der Waals surface area contributed by atoms with E-state index in [0.29, 0.717) is 12.8 Å². The van der Waals surface area contributed by atoms with Crippen LogP contribution in [0.1, 0.15) is 46.0 Å². The SMILES string of the molecule is CC(CC=CC(O[Si](C)(C)C)(C(F)(F)F)C(F)(F)F)C1=CCC2C(=O)CCC[C@]12C. The van der Waals surface area contributed by atoms with Gasteiger partial charge in [-0.05, 0) is 62.7 Å². The van der Waals surface area contributed by atoms with Crippen molar-refractivity contribution in [2.45, 2.75) is 83.5 Å². The molecule has 0 aromatic rings. The lowest BCUT2D eigenvalue weighted by Gasteiger charge is -2.40. The van der Waals surface area contributed by atoms with Gasteiger partial charge in [0.1, 0.15) is 5.78 Å². The normalized spacial score (nSPS) is 27.4. The molecule has 0 bridgehead atoms. The number of allylic oxidation sites excluding steroid dienone is 3. The van der Waals surface area contributed by atoms with E-state index in [4.69, 9.17) is 4.43 Å². The summed E-state index contributed by atoms with van der Waals surface area (Å²) in [4.78, 5) is 12.2. The third-order valence-corrected chi connectivity index (χ3v) is 7.13. The largest absolute Gasteiger partial charge is 0.429 e. The number of halogens is 6. The molecule has 0 radical (unpaired) electrons. The Bertz CT molecular complexity index is 702. The van der Waals surface area contributed by atoms with E-state index in [1.807, 2.05) is 13.0 Å². The van der Waals surface area contributed by atoms with Crippen LogP contribution in [-0.2, 0) is 9.22 Å². The van der Waals surface area contributed by atoms with E-state index in [2.05, 4.69) is 0 Å². The Morgan fingerprint density at radius 2 is 1.77 bits per heavy atom. The minimum atomic E-state index is -5.63. The molecule has 0 saturated heterocycles. The van der Waals surface area contributed by atoms with Gasteiger partial charge < -0.3 is 4.43 Å². The van der Waals surface area contributed by atoms with E-state index < -0.39 is 26.3 Å². The van der Waals surface area contributed by atoms with E-state index in [1.54, 1.807) is 6.92 Å². The highest BCUT2D eigenvalue weighted by Gasteiger charge is 2.71. The fraction of sp³-hybridized carbons (Fsp3) is 0.762. The van der Waals surface area contributed by atoms with Crippen molar-refractivity contribution in [3.05, 3.63) is 23.8 Å². The van der Waals surface area contributed by atoms with Crippen molar-refractivity contribution in [1.29, 1.82) is 0 Å². The summed E-state index contributed by atoms with van der Waals surface area (Å²) in [5.74, 6) is -0.213. The second kappa shape index (κ2) is 8.11. The number of hydrogen-bond acceptors (Lipinski definition) is 2.